The number of carbonyl (C=O) groups is 2. The third-order valence-electron chi connectivity index (χ3n) is 5.55. The first kappa shape index (κ1) is 19.2. The Morgan fingerprint density at radius 2 is 1.90 bits per heavy atom. The quantitative estimate of drug-likeness (QED) is 0.739. The first-order valence-electron chi connectivity index (χ1n) is 10.2. The lowest BCUT2D eigenvalue weighted by atomic mass is 10.00. The molecule has 1 aliphatic rings. The number of nitrogens with zero attached hydrogens (tertiary/aromatic N) is 3. The minimum Gasteiger partial charge on any atom is -0.343 e. The Morgan fingerprint density at radius 3 is 2.66 bits per heavy atom. The highest BCUT2D eigenvalue weighted by molar-refractivity contribution is 6.02. The maximum atomic E-state index is 13.2. The van der Waals surface area contributed by atoms with E-state index in [1.165, 1.54) is 0 Å². The molecule has 0 aliphatic carbocycles. The zero-order chi connectivity index (χ0) is 20.4. The number of aromatic nitrogens is 2. The Hall–Kier alpha value is -3.15. The molecule has 1 fully saturated rings. The van der Waals surface area contributed by atoms with Crippen LogP contribution in [0.25, 0.3) is 5.52 Å². The van der Waals surface area contributed by atoms with Crippen LogP contribution in [0.4, 0.5) is 0 Å². The fourth-order valence-corrected chi connectivity index (χ4v) is 3.97. The average molecular weight is 390 g/mol. The average Bonchev–Trinajstić information content (AvgIpc) is 3.13. The van der Waals surface area contributed by atoms with Gasteiger partial charge in [-0.1, -0.05) is 43.3 Å². The van der Waals surface area contributed by atoms with Gasteiger partial charge in [-0.3, -0.25) is 14.0 Å². The lowest BCUT2D eigenvalue weighted by molar-refractivity contribution is 0.0679. The SMILES string of the molecule is CC1CCCN(C(=O)c2nc(C(=O)NC(C)c3ccccc3)n3ccccc23)C1. The number of nitrogens with one attached hydrogen (secondary N) is 1. The summed E-state index contributed by atoms with van der Waals surface area (Å²) in [6.07, 6.45) is 3.92. The molecule has 6 heteroatoms. The molecule has 2 aromatic heterocycles. The normalized spacial score (nSPS) is 17.9. The van der Waals surface area contributed by atoms with Crippen LogP contribution >= 0.6 is 0 Å². The van der Waals surface area contributed by atoms with Crippen LogP contribution in [0.15, 0.2) is 54.7 Å². The van der Waals surface area contributed by atoms with E-state index in [-0.39, 0.29) is 23.7 Å². The molecule has 29 heavy (non-hydrogen) atoms. The van der Waals surface area contributed by atoms with Gasteiger partial charge in [0.15, 0.2) is 5.69 Å². The fourth-order valence-electron chi connectivity index (χ4n) is 3.97. The number of rotatable bonds is 4. The molecule has 0 spiro atoms. The second-order valence-corrected chi connectivity index (χ2v) is 7.84. The number of hydrogen-bond acceptors (Lipinski definition) is 3. The first-order chi connectivity index (χ1) is 14.0. The van der Waals surface area contributed by atoms with E-state index in [1.807, 2.05) is 60.4 Å². The van der Waals surface area contributed by atoms with Crippen LogP contribution in [0.1, 0.15) is 59.4 Å². The van der Waals surface area contributed by atoms with Crippen molar-refractivity contribution in [3.63, 3.8) is 0 Å². The number of carbonyl (C=O) groups excluding carboxylic acids is 2. The molecule has 0 saturated carbocycles. The largest absolute Gasteiger partial charge is 0.343 e. The molecular formula is C23H26N4O2. The third kappa shape index (κ3) is 3.88. The number of pyridine rings is 1. The van der Waals surface area contributed by atoms with Gasteiger partial charge in [0, 0.05) is 19.3 Å². The number of benzene rings is 1. The molecule has 2 amide bonds. The molecule has 3 aromatic rings. The Bertz CT molecular complexity index is 1030. The molecule has 1 saturated heterocycles. The standard InChI is InChI=1S/C23H26N4O2/c1-16-9-8-13-26(15-16)23(29)20-19-12-6-7-14-27(19)21(25-20)22(28)24-17(2)18-10-4-3-5-11-18/h3-7,10-12,14,16-17H,8-9,13,15H2,1-2H3,(H,24,28). The van der Waals surface area contributed by atoms with E-state index in [0.29, 0.717) is 17.1 Å². The zero-order valence-corrected chi connectivity index (χ0v) is 16.8. The number of imidazole rings is 1. The molecule has 0 radical (unpaired) electrons. The minimum atomic E-state index is -0.298. The van der Waals surface area contributed by atoms with Crippen molar-refractivity contribution < 1.29 is 9.59 Å². The van der Waals surface area contributed by atoms with E-state index in [2.05, 4.69) is 17.2 Å². The number of amides is 2. The summed E-state index contributed by atoms with van der Waals surface area (Å²) in [4.78, 5) is 32.5. The van der Waals surface area contributed by atoms with Crippen molar-refractivity contribution in [2.75, 3.05) is 13.1 Å². The van der Waals surface area contributed by atoms with E-state index < -0.39 is 0 Å². The van der Waals surface area contributed by atoms with E-state index in [1.54, 1.807) is 10.6 Å². The molecule has 1 N–H and O–H groups in total. The maximum Gasteiger partial charge on any atom is 0.288 e. The second-order valence-electron chi connectivity index (χ2n) is 7.84. The van der Waals surface area contributed by atoms with Crippen LogP contribution in [-0.2, 0) is 0 Å². The number of fused-ring (bicyclic) bond motifs is 1. The summed E-state index contributed by atoms with van der Waals surface area (Å²) in [5.74, 6) is 0.317. The van der Waals surface area contributed by atoms with Gasteiger partial charge >= 0.3 is 0 Å². The van der Waals surface area contributed by atoms with E-state index in [9.17, 15) is 9.59 Å². The lowest BCUT2D eigenvalue weighted by Gasteiger charge is -2.30. The van der Waals surface area contributed by atoms with Gasteiger partial charge in [0.2, 0.25) is 5.82 Å². The summed E-state index contributed by atoms with van der Waals surface area (Å²) < 4.78 is 1.70. The summed E-state index contributed by atoms with van der Waals surface area (Å²) in [7, 11) is 0. The number of piperidine rings is 1. The van der Waals surface area contributed by atoms with E-state index >= 15 is 0 Å². The third-order valence-corrected chi connectivity index (χ3v) is 5.55. The van der Waals surface area contributed by atoms with Gasteiger partial charge in [-0.2, -0.15) is 0 Å². The first-order valence-corrected chi connectivity index (χ1v) is 10.2. The molecule has 3 heterocycles. The summed E-state index contributed by atoms with van der Waals surface area (Å²) in [6.45, 7) is 5.57. The monoisotopic (exact) mass is 390 g/mol. The summed E-state index contributed by atoms with van der Waals surface area (Å²) in [5, 5.41) is 3.00. The van der Waals surface area contributed by atoms with Crippen molar-refractivity contribution in [2.24, 2.45) is 5.92 Å². The minimum absolute atomic E-state index is 0.101. The van der Waals surface area contributed by atoms with Crippen molar-refractivity contribution in [1.29, 1.82) is 0 Å². The highest BCUT2D eigenvalue weighted by atomic mass is 16.2. The van der Waals surface area contributed by atoms with Crippen LogP contribution in [0, 0.1) is 5.92 Å². The summed E-state index contributed by atoms with van der Waals surface area (Å²) in [5.41, 5.74) is 2.02. The number of hydrogen-bond donors (Lipinski definition) is 1. The van der Waals surface area contributed by atoms with Crippen molar-refractivity contribution >= 4 is 17.3 Å². The molecule has 0 bridgehead atoms. The van der Waals surface area contributed by atoms with Crippen LogP contribution in [-0.4, -0.2) is 39.2 Å². The Labute approximate surface area is 170 Å². The molecule has 1 aromatic carbocycles. The van der Waals surface area contributed by atoms with Crippen molar-refractivity contribution in [1.82, 2.24) is 19.6 Å². The maximum absolute atomic E-state index is 13.2. The molecule has 1 aliphatic heterocycles. The second kappa shape index (κ2) is 8.07. The summed E-state index contributed by atoms with van der Waals surface area (Å²) in [6, 6.07) is 15.2. The van der Waals surface area contributed by atoms with Crippen LogP contribution < -0.4 is 5.32 Å². The van der Waals surface area contributed by atoms with Crippen LogP contribution in [0.2, 0.25) is 0 Å². The zero-order valence-electron chi connectivity index (χ0n) is 16.8. The highest BCUT2D eigenvalue weighted by Gasteiger charge is 2.28. The molecule has 4 rings (SSSR count). The molecular weight excluding hydrogens is 364 g/mol. The van der Waals surface area contributed by atoms with Gasteiger partial charge in [0.05, 0.1) is 11.6 Å². The van der Waals surface area contributed by atoms with E-state index in [4.69, 9.17) is 0 Å². The van der Waals surface area contributed by atoms with Crippen LogP contribution in [0.5, 0.6) is 0 Å². The lowest BCUT2D eigenvalue weighted by Crippen LogP contribution is -2.39. The molecule has 2 unspecified atom stereocenters. The number of likely N-dealkylation sites (tertiary alicyclic amines) is 1. The van der Waals surface area contributed by atoms with Crippen molar-refractivity contribution in [2.45, 2.75) is 32.7 Å². The Morgan fingerprint density at radius 1 is 1.14 bits per heavy atom. The van der Waals surface area contributed by atoms with Gasteiger partial charge in [0.25, 0.3) is 11.8 Å². The van der Waals surface area contributed by atoms with Crippen molar-refractivity contribution in [3.05, 3.63) is 71.8 Å². The van der Waals surface area contributed by atoms with Crippen LogP contribution in [0.3, 0.4) is 0 Å². The topological polar surface area (TPSA) is 66.7 Å². The predicted molar refractivity (Wildman–Crippen MR) is 112 cm³/mol. The smallest absolute Gasteiger partial charge is 0.288 e. The molecule has 150 valence electrons. The van der Waals surface area contributed by atoms with Gasteiger partial charge in [-0.25, -0.2) is 4.98 Å². The van der Waals surface area contributed by atoms with Crippen molar-refractivity contribution in [3.8, 4) is 0 Å². The Kier molecular flexibility index (Phi) is 5.34. The fraction of sp³-hybridized carbons (Fsp3) is 0.348. The molecule has 2 atom stereocenters. The highest BCUT2D eigenvalue weighted by Crippen LogP contribution is 2.21. The van der Waals surface area contributed by atoms with Gasteiger partial charge in [-0.15, -0.1) is 0 Å². The van der Waals surface area contributed by atoms with Gasteiger partial charge < -0.3 is 10.2 Å². The van der Waals surface area contributed by atoms with E-state index in [0.717, 1.165) is 31.5 Å². The van der Waals surface area contributed by atoms with Gasteiger partial charge in [0.1, 0.15) is 0 Å². The molecule has 6 nitrogen and oxygen atoms in total. The van der Waals surface area contributed by atoms with Gasteiger partial charge in [-0.05, 0) is 43.4 Å². The summed E-state index contributed by atoms with van der Waals surface area (Å²) >= 11 is 0. The Balaban J connectivity index is 1.63. The predicted octanol–water partition coefficient (Wildman–Crippen LogP) is 3.70.